The number of nitriles is 1. The van der Waals surface area contributed by atoms with Gasteiger partial charge in [-0.1, -0.05) is 6.42 Å². The number of hydrogen-bond donors (Lipinski definition) is 2. The van der Waals surface area contributed by atoms with E-state index in [4.69, 9.17) is 11.0 Å². The van der Waals surface area contributed by atoms with Crippen LogP contribution in [0.15, 0.2) is 23.1 Å². The Morgan fingerprint density at radius 1 is 1.45 bits per heavy atom. The van der Waals surface area contributed by atoms with E-state index in [2.05, 4.69) is 4.72 Å². The average Bonchev–Trinajstić information content (AvgIpc) is 2.84. The zero-order valence-electron chi connectivity index (χ0n) is 11.5. The van der Waals surface area contributed by atoms with Gasteiger partial charge in [-0.05, 0) is 56.0 Å². The van der Waals surface area contributed by atoms with Gasteiger partial charge in [-0.15, -0.1) is 0 Å². The molecule has 6 heteroatoms. The van der Waals surface area contributed by atoms with Crippen molar-refractivity contribution in [2.45, 2.75) is 37.1 Å². The molecule has 5 nitrogen and oxygen atoms in total. The Morgan fingerprint density at radius 3 is 2.80 bits per heavy atom. The summed E-state index contributed by atoms with van der Waals surface area (Å²) in [6.07, 6.45) is 2.80. The summed E-state index contributed by atoms with van der Waals surface area (Å²) >= 11 is 0. The average molecular weight is 293 g/mol. The number of hydrogen-bond acceptors (Lipinski definition) is 4. The second-order valence-electron chi connectivity index (χ2n) is 5.25. The molecule has 0 spiro atoms. The second-order valence-corrected chi connectivity index (χ2v) is 6.93. The van der Waals surface area contributed by atoms with Crippen LogP contribution in [-0.4, -0.2) is 21.0 Å². The van der Waals surface area contributed by atoms with Crippen LogP contribution < -0.4 is 10.5 Å². The molecule has 3 N–H and O–H groups in total. The van der Waals surface area contributed by atoms with Gasteiger partial charge in [-0.2, -0.15) is 5.26 Å². The van der Waals surface area contributed by atoms with Gasteiger partial charge in [0, 0.05) is 6.04 Å². The minimum absolute atomic E-state index is 0.0833. The quantitative estimate of drug-likeness (QED) is 0.873. The third kappa shape index (κ3) is 3.01. The zero-order valence-corrected chi connectivity index (χ0v) is 12.3. The highest BCUT2D eigenvalue weighted by atomic mass is 32.2. The first-order valence-electron chi connectivity index (χ1n) is 6.71. The first kappa shape index (κ1) is 15.0. The summed E-state index contributed by atoms with van der Waals surface area (Å²) in [7, 11) is -3.56. The molecule has 1 aliphatic carbocycles. The van der Waals surface area contributed by atoms with Crippen molar-refractivity contribution >= 4 is 10.0 Å². The van der Waals surface area contributed by atoms with Gasteiger partial charge in [0.2, 0.25) is 10.0 Å². The molecule has 0 heterocycles. The molecule has 0 saturated heterocycles. The molecule has 2 rings (SSSR count). The van der Waals surface area contributed by atoms with E-state index in [1.807, 2.05) is 6.07 Å². The molecule has 0 bridgehead atoms. The lowest BCUT2D eigenvalue weighted by atomic mass is 10.1. The van der Waals surface area contributed by atoms with E-state index in [1.54, 1.807) is 13.0 Å². The van der Waals surface area contributed by atoms with E-state index in [0.717, 1.165) is 19.3 Å². The fourth-order valence-electron chi connectivity index (χ4n) is 2.76. The lowest BCUT2D eigenvalue weighted by Gasteiger charge is -2.20. The first-order chi connectivity index (χ1) is 9.47. The molecule has 1 fully saturated rings. The topological polar surface area (TPSA) is 96.0 Å². The van der Waals surface area contributed by atoms with Crippen LogP contribution in [0.1, 0.15) is 30.4 Å². The number of sulfonamides is 1. The van der Waals surface area contributed by atoms with Crippen molar-refractivity contribution in [2.24, 2.45) is 11.7 Å². The summed E-state index contributed by atoms with van der Waals surface area (Å²) in [5, 5.41) is 8.82. The first-order valence-corrected chi connectivity index (χ1v) is 8.19. The maximum Gasteiger partial charge on any atom is 0.241 e. The predicted octanol–water partition coefficient (Wildman–Crippen LogP) is 1.27. The molecule has 20 heavy (non-hydrogen) atoms. The molecule has 0 unspecified atom stereocenters. The second kappa shape index (κ2) is 5.92. The van der Waals surface area contributed by atoms with Crippen molar-refractivity contribution in [1.29, 1.82) is 5.26 Å². The maximum atomic E-state index is 12.4. The van der Waals surface area contributed by atoms with Crippen LogP contribution in [0, 0.1) is 24.2 Å². The van der Waals surface area contributed by atoms with Crippen LogP contribution in [0.3, 0.4) is 0 Å². The summed E-state index contributed by atoms with van der Waals surface area (Å²) in [5.41, 5.74) is 6.72. The van der Waals surface area contributed by atoms with Crippen molar-refractivity contribution in [1.82, 2.24) is 4.72 Å². The summed E-state index contributed by atoms with van der Waals surface area (Å²) in [6, 6.07) is 6.52. The number of nitrogens with two attached hydrogens (primary N) is 1. The van der Waals surface area contributed by atoms with Crippen LogP contribution in [0.25, 0.3) is 0 Å². The molecule has 108 valence electrons. The summed E-state index contributed by atoms with van der Waals surface area (Å²) in [4.78, 5) is 0.235. The van der Waals surface area contributed by atoms with Gasteiger partial charge in [0.05, 0.1) is 16.5 Å². The largest absolute Gasteiger partial charge is 0.330 e. The Kier molecular flexibility index (Phi) is 4.43. The number of rotatable bonds is 4. The molecular weight excluding hydrogens is 274 g/mol. The van der Waals surface area contributed by atoms with Crippen molar-refractivity contribution in [3.8, 4) is 6.07 Å². The number of aryl methyl sites for hydroxylation is 1. The third-order valence-electron chi connectivity index (χ3n) is 3.86. The van der Waals surface area contributed by atoms with Gasteiger partial charge < -0.3 is 5.73 Å². The molecule has 1 saturated carbocycles. The summed E-state index contributed by atoms with van der Waals surface area (Å²) in [5.74, 6) is 0.212. The molecular formula is C14H19N3O2S. The van der Waals surface area contributed by atoms with Crippen molar-refractivity contribution in [3.05, 3.63) is 29.3 Å². The van der Waals surface area contributed by atoms with Crippen LogP contribution in [0.5, 0.6) is 0 Å². The third-order valence-corrected chi connectivity index (χ3v) is 5.51. The highest BCUT2D eigenvalue weighted by Crippen LogP contribution is 2.27. The highest BCUT2D eigenvalue weighted by molar-refractivity contribution is 7.89. The fourth-order valence-corrected chi connectivity index (χ4v) is 4.32. The SMILES string of the molecule is Cc1cc(C#N)ccc1S(=O)(=O)N[C@@H]1CCC[C@H]1CN. The van der Waals surface area contributed by atoms with Gasteiger partial charge in [0.1, 0.15) is 0 Å². The lowest BCUT2D eigenvalue weighted by molar-refractivity contribution is 0.452. The van der Waals surface area contributed by atoms with Crippen molar-refractivity contribution < 1.29 is 8.42 Å². The van der Waals surface area contributed by atoms with Gasteiger partial charge in [-0.3, -0.25) is 0 Å². The van der Waals surface area contributed by atoms with Crippen LogP contribution in [-0.2, 0) is 10.0 Å². The van der Waals surface area contributed by atoms with E-state index in [-0.39, 0.29) is 16.9 Å². The zero-order chi connectivity index (χ0) is 14.8. The molecule has 0 aliphatic heterocycles. The Bertz CT molecular complexity index is 634. The van der Waals surface area contributed by atoms with Crippen LogP contribution in [0.2, 0.25) is 0 Å². The Balaban J connectivity index is 2.25. The molecule has 0 amide bonds. The summed E-state index contributed by atoms with van der Waals surface area (Å²) in [6.45, 7) is 2.20. The van der Waals surface area contributed by atoms with Crippen LogP contribution in [0.4, 0.5) is 0 Å². The summed E-state index contributed by atoms with van der Waals surface area (Å²) < 4.78 is 27.6. The van der Waals surface area contributed by atoms with E-state index in [1.165, 1.54) is 12.1 Å². The van der Waals surface area contributed by atoms with Crippen LogP contribution >= 0.6 is 0 Å². The van der Waals surface area contributed by atoms with E-state index >= 15 is 0 Å². The molecule has 2 atom stereocenters. The standard InChI is InChI=1S/C14H19N3O2S/c1-10-7-11(8-15)5-6-14(10)20(18,19)17-13-4-2-3-12(13)9-16/h5-7,12-13,17H,2-4,9,16H2,1H3/t12-,13+/m0/s1. The fraction of sp³-hybridized carbons (Fsp3) is 0.500. The van der Waals surface area contributed by atoms with Crippen molar-refractivity contribution in [2.75, 3.05) is 6.54 Å². The smallest absolute Gasteiger partial charge is 0.241 e. The van der Waals surface area contributed by atoms with Gasteiger partial charge in [0.25, 0.3) is 0 Å². The van der Waals surface area contributed by atoms with Gasteiger partial charge >= 0.3 is 0 Å². The minimum Gasteiger partial charge on any atom is -0.330 e. The van der Waals surface area contributed by atoms with E-state index in [0.29, 0.717) is 17.7 Å². The molecule has 1 aromatic carbocycles. The normalized spacial score (nSPS) is 22.6. The molecule has 1 aliphatic rings. The molecule has 0 aromatic heterocycles. The van der Waals surface area contributed by atoms with E-state index < -0.39 is 10.0 Å². The molecule has 1 aromatic rings. The maximum absolute atomic E-state index is 12.4. The van der Waals surface area contributed by atoms with Gasteiger partial charge in [0.15, 0.2) is 0 Å². The predicted molar refractivity (Wildman–Crippen MR) is 76.4 cm³/mol. The Hall–Kier alpha value is -1.42. The highest BCUT2D eigenvalue weighted by Gasteiger charge is 2.30. The number of benzene rings is 1. The van der Waals surface area contributed by atoms with Crippen molar-refractivity contribution in [3.63, 3.8) is 0 Å². The van der Waals surface area contributed by atoms with E-state index in [9.17, 15) is 8.42 Å². The lowest BCUT2D eigenvalue weighted by Crippen LogP contribution is -2.40. The Labute approximate surface area is 119 Å². The minimum atomic E-state index is -3.56. The Morgan fingerprint density at radius 2 is 2.20 bits per heavy atom. The molecule has 0 radical (unpaired) electrons. The van der Waals surface area contributed by atoms with Gasteiger partial charge in [-0.25, -0.2) is 13.1 Å². The monoisotopic (exact) mass is 293 g/mol. The number of nitrogens with one attached hydrogen (secondary N) is 1. The number of nitrogens with zero attached hydrogens (tertiary/aromatic N) is 1.